The Morgan fingerprint density at radius 3 is 2.60 bits per heavy atom. The van der Waals surface area contributed by atoms with Gasteiger partial charge in [0.15, 0.2) is 0 Å². The lowest BCUT2D eigenvalue weighted by atomic mass is 10.0. The van der Waals surface area contributed by atoms with Gasteiger partial charge in [-0.3, -0.25) is 4.79 Å². The second-order valence-electron chi connectivity index (χ2n) is 7.53. The van der Waals surface area contributed by atoms with Crippen LogP contribution in [0.3, 0.4) is 0 Å². The van der Waals surface area contributed by atoms with Crippen molar-refractivity contribution in [2.45, 2.75) is 58.0 Å². The molecule has 134 valence electrons. The van der Waals surface area contributed by atoms with E-state index in [4.69, 9.17) is 4.98 Å². The van der Waals surface area contributed by atoms with Crippen molar-refractivity contribution in [2.24, 2.45) is 0 Å². The van der Waals surface area contributed by atoms with Crippen molar-refractivity contribution in [3.8, 4) is 0 Å². The van der Waals surface area contributed by atoms with Gasteiger partial charge in [0, 0.05) is 37.6 Å². The van der Waals surface area contributed by atoms with E-state index in [1.165, 1.54) is 12.8 Å². The Morgan fingerprint density at radius 2 is 1.96 bits per heavy atom. The molecule has 25 heavy (non-hydrogen) atoms. The van der Waals surface area contributed by atoms with Crippen LogP contribution in [0.2, 0.25) is 0 Å². The normalized spacial score (nSPS) is 19.4. The average molecular weight is 340 g/mol. The van der Waals surface area contributed by atoms with Crippen LogP contribution in [0.15, 0.2) is 24.5 Å². The first-order chi connectivity index (χ1) is 12.2. The Hall–Kier alpha value is -1.88. The first-order valence-corrected chi connectivity index (χ1v) is 9.62. The predicted molar refractivity (Wildman–Crippen MR) is 98.6 cm³/mol. The number of hydrogen-bond donors (Lipinski definition) is 0. The molecule has 1 saturated carbocycles. The summed E-state index contributed by atoms with van der Waals surface area (Å²) in [5.41, 5.74) is 2.99. The second-order valence-corrected chi connectivity index (χ2v) is 7.53. The quantitative estimate of drug-likeness (QED) is 0.840. The highest BCUT2D eigenvalue weighted by Crippen LogP contribution is 2.32. The summed E-state index contributed by atoms with van der Waals surface area (Å²) in [6, 6.07) is 4.98. The number of piperidine rings is 1. The highest BCUT2D eigenvalue weighted by Gasteiger charge is 2.38. The van der Waals surface area contributed by atoms with E-state index < -0.39 is 0 Å². The number of hydrogen-bond acceptors (Lipinski definition) is 3. The van der Waals surface area contributed by atoms with Gasteiger partial charge >= 0.3 is 0 Å². The fraction of sp³-hybridized carbons (Fsp3) is 0.600. The molecule has 2 aromatic rings. The molecule has 0 radical (unpaired) electrons. The van der Waals surface area contributed by atoms with E-state index in [-0.39, 0.29) is 5.91 Å². The number of likely N-dealkylation sites (tertiary alicyclic amines) is 1. The lowest BCUT2D eigenvalue weighted by Crippen LogP contribution is -2.48. The molecule has 1 aliphatic heterocycles. The van der Waals surface area contributed by atoms with Gasteiger partial charge in [-0.25, -0.2) is 4.98 Å². The third kappa shape index (κ3) is 3.43. The number of nitrogens with zero attached hydrogens (tertiary/aromatic N) is 4. The summed E-state index contributed by atoms with van der Waals surface area (Å²) < 4.78 is 2.03. The highest BCUT2D eigenvalue weighted by molar-refractivity contribution is 5.79. The highest BCUT2D eigenvalue weighted by atomic mass is 16.2. The summed E-state index contributed by atoms with van der Waals surface area (Å²) in [5.74, 6) is 0.263. The van der Waals surface area contributed by atoms with E-state index in [2.05, 4.69) is 29.7 Å². The number of amides is 1. The molecular weight excluding hydrogens is 312 g/mol. The number of aryl methyl sites for hydroxylation is 1. The van der Waals surface area contributed by atoms with Gasteiger partial charge in [0.1, 0.15) is 5.65 Å². The van der Waals surface area contributed by atoms with Gasteiger partial charge in [-0.15, -0.1) is 0 Å². The molecule has 1 amide bonds. The van der Waals surface area contributed by atoms with Gasteiger partial charge in [0.2, 0.25) is 5.91 Å². The summed E-state index contributed by atoms with van der Waals surface area (Å²) >= 11 is 0. The molecule has 2 fully saturated rings. The van der Waals surface area contributed by atoms with Crippen LogP contribution in [-0.2, 0) is 11.2 Å². The zero-order chi connectivity index (χ0) is 17.4. The molecule has 1 aliphatic carbocycles. The van der Waals surface area contributed by atoms with Gasteiger partial charge in [0.05, 0.1) is 12.1 Å². The third-order valence-electron chi connectivity index (χ3n) is 5.69. The van der Waals surface area contributed by atoms with Gasteiger partial charge in [-0.05, 0) is 50.8 Å². The zero-order valence-corrected chi connectivity index (χ0v) is 15.3. The van der Waals surface area contributed by atoms with Crippen LogP contribution in [0.5, 0.6) is 0 Å². The first-order valence-electron chi connectivity index (χ1n) is 9.62. The molecule has 2 aliphatic rings. The topological polar surface area (TPSA) is 40.9 Å². The predicted octanol–water partition coefficient (Wildman–Crippen LogP) is 2.66. The molecule has 3 heterocycles. The number of rotatable bonds is 5. The average Bonchev–Trinajstić information content (AvgIpc) is 3.35. The van der Waals surface area contributed by atoms with Crippen molar-refractivity contribution in [2.75, 3.05) is 19.6 Å². The maximum Gasteiger partial charge on any atom is 0.229 e. The van der Waals surface area contributed by atoms with Gasteiger partial charge in [-0.1, -0.05) is 13.0 Å². The third-order valence-corrected chi connectivity index (χ3v) is 5.69. The molecule has 1 saturated heterocycles. The van der Waals surface area contributed by atoms with E-state index in [0.717, 1.165) is 49.4 Å². The van der Waals surface area contributed by atoms with Crippen molar-refractivity contribution in [1.82, 2.24) is 19.2 Å². The monoisotopic (exact) mass is 340 g/mol. The number of imidazole rings is 1. The summed E-state index contributed by atoms with van der Waals surface area (Å²) in [6.45, 7) is 7.63. The number of fused-ring (bicyclic) bond motifs is 1. The number of carbonyl (C=O) groups is 1. The van der Waals surface area contributed by atoms with Gasteiger partial charge in [-0.2, -0.15) is 0 Å². The maximum atomic E-state index is 13.1. The summed E-state index contributed by atoms with van der Waals surface area (Å²) in [7, 11) is 0. The first kappa shape index (κ1) is 16.6. The van der Waals surface area contributed by atoms with Crippen LogP contribution in [0.4, 0.5) is 0 Å². The van der Waals surface area contributed by atoms with Crippen LogP contribution < -0.4 is 0 Å². The molecule has 5 heteroatoms. The molecule has 0 aromatic carbocycles. The molecule has 0 spiro atoms. The van der Waals surface area contributed by atoms with E-state index in [1.54, 1.807) is 0 Å². The largest absolute Gasteiger partial charge is 0.336 e. The summed E-state index contributed by atoms with van der Waals surface area (Å²) in [6.07, 6.45) is 8.99. The number of carbonyl (C=O) groups excluding carboxylic acids is 1. The lowest BCUT2D eigenvalue weighted by Gasteiger charge is -2.38. The van der Waals surface area contributed by atoms with Crippen molar-refractivity contribution >= 4 is 11.6 Å². The molecule has 0 bridgehead atoms. The Balaban J connectivity index is 1.48. The number of aromatic nitrogens is 2. The van der Waals surface area contributed by atoms with Crippen LogP contribution in [0, 0.1) is 6.92 Å². The van der Waals surface area contributed by atoms with Gasteiger partial charge in [0.25, 0.3) is 0 Å². The van der Waals surface area contributed by atoms with Crippen molar-refractivity contribution in [1.29, 1.82) is 0 Å². The van der Waals surface area contributed by atoms with Crippen LogP contribution in [-0.4, -0.2) is 56.8 Å². The molecule has 0 unspecified atom stereocenters. The fourth-order valence-electron chi connectivity index (χ4n) is 4.11. The number of pyridine rings is 1. The zero-order valence-electron chi connectivity index (χ0n) is 15.3. The van der Waals surface area contributed by atoms with E-state index >= 15 is 0 Å². The van der Waals surface area contributed by atoms with E-state index in [0.29, 0.717) is 18.5 Å². The van der Waals surface area contributed by atoms with Crippen LogP contribution in [0.25, 0.3) is 5.65 Å². The Morgan fingerprint density at radius 1 is 1.24 bits per heavy atom. The fourth-order valence-corrected chi connectivity index (χ4v) is 4.11. The SMILES string of the molecule is CCN1CCC(N(C(=O)Cc2cn3cccc(C)c3n2)C2CC2)CC1. The maximum absolute atomic E-state index is 13.1. The molecule has 2 aromatic heterocycles. The Kier molecular flexibility index (Phi) is 4.50. The molecule has 0 N–H and O–H groups in total. The Bertz CT molecular complexity index is 756. The van der Waals surface area contributed by atoms with Crippen molar-refractivity contribution in [3.05, 3.63) is 35.8 Å². The Labute approximate surface area is 149 Å². The molecule has 4 rings (SSSR count). The van der Waals surface area contributed by atoms with Crippen LogP contribution in [0.1, 0.15) is 43.9 Å². The summed E-state index contributed by atoms with van der Waals surface area (Å²) in [5, 5.41) is 0. The van der Waals surface area contributed by atoms with Crippen LogP contribution >= 0.6 is 0 Å². The molecular formula is C20H28N4O. The van der Waals surface area contributed by atoms with E-state index in [1.807, 2.05) is 22.9 Å². The standard InChI is InChI=1S/C20H28N4O/c1-3-22-11-8-18(9-12-22)24(17-6-7-17)19(25)13-16-14-23-10-4-5-15(2)20(23)21-16/h4-5,10,14,17-18H,3,6-9,11-13H2,1-2H3. The second kappa shape index (κ2) is 6.79. The van der Waals surface area contributed by atoms with Gasteiger partial charge < -0.3 is 14.2 Å². The van der Waals surface area contributed by atoms with Crippen molar-refractivity contribution in [3.63, 3.8) is 0 Å². The van der Waals surface area contributed by atoms with E-state index in [9.17, 15) is 4.79 Å². The lowest BCUT2D eigenvalue weighted by molar-refractivity contribution is -0.134. The summed E-state index contributed by atoms with van der Waals surface area (Å²) in [4.78, 5) is 22.5. The minimum atomic E-state index is 0.263. The van der Waals surface area contributed by atoms with Crippen molar-refractivity contribution < 1.29 is 4.79 Å². The minimum Gasteiger partial charge on any atom is -0.336 e. The smallest absolute Gasteiger partial charge is 0.229 e. The molecule has 0 atom stereocenters. The molecule has 5 nitrogen and oxygen atoms in total. The minimum absolute atomic E-state index is 0.263.